The number of rotatable bonds is 5. The Hall–Kier alpha value is -1.59. The SMILES string of the molecule is O=C(O)C(O)CNC(=O)C1(c2cccc(Cl)c2)CCC1. The van der Waals surface area contributed by atoms with Gasteiger partial charge in [-0.05, 0) is 30.5 Å². The molecule has 0 aromatic heterocycles. The fraction of sp³-hybridized carbons (Fsp3) is 0.429. The quantitative estimate of drug-likeness (QED) is 0.765. The first-order chi connectivity index (χ1) is 9.45. The lowest BCUT2D eigenvalue weighted by Gasteiger charge is -2.40. The van der Waals surface area contributed by atoms with Crippen molar-refractivity contribution in [2.75, 3.05) is 6.54 Å². The van der Waals surface area contributed by atoms with Crippen molar-refractivity contribution < 1.29 is 19.8 Å². The van der Waals surface area contributed by atoms with Gasteiger partial charge in [0.1, 0.15) is 0 Å². The van der Waals surface area contributed by atoms with Gasteiger partial charge in [0, 0.05) is 5.02 Å². The number of benzene rings is 1. The van der Waals surface area contributed by atoms with Gasteiger partial charge in [0.05, 0.1) is 12.0 Å². The Balaban J connectivity index is 2.11. The van der Waals surface area contributed by atoms with E-state index in [4.69, 9.17) is 16.7 Å². The van der Waals surface area contributed by atoms with E-state index in [1.807, 2.05) is 6.07 Å². The predicted molar refractivity (Wildman–Crippen MR) is 73.6 cm³/mol. The Morgan fingerprint density at radius 3 is 2.60 bits per heavy atom. The molecule has 0 saturated heterocycles. The molecule has 1 unspecified atom stereocenters. The molecule has 0 spiro atoms. The summed E-state index contributed by atoms with van der Waals surface area (Å²) in [6.45, 7) is -0.295. The van der Waals surface area contributed by atoms with Crippen LogP contribution in [-0.2, 0) is 15.0 Å². The van der Waals surface area contributed by atoms with Crippen LogP contribution in [0.1, 0.15) is 24.8 Å². The van der Waals surface area contributed by atoms with Gasteiger partial charge in [0.2, 0.25) is 5.91 Å². The van der Waals surface area contributed by atoms with Crippen LogP contribution in [-0.4, -0.2) is 34.7 Å². The largest absolute Gasteiger partial charge is 0.479 e. The van der Waals surface area contributed by atoms with Crippen molar-refractivity contribution in [3.05, 3.63) is 34.9 Å². The topological polar surface area (TPSA) is 86.6 Å². The average molecular weight is 298 g/mol. The fourth-order valence-corrected chi connectivity index (χ4v) is 2.60. The molecule has 2 rings (SSSR count). The molecule has 1 aromatic rings. The van der Waals surface area contributed by atoms with Crippen molar-refractivity contribution in [3.63, 3.8) is 0 Å². The number of nitrogens with one attached hydrogen (secondary N) is 1. The highest BCUT2D eigenvalue weighted by atomic mass is 35.5. The summed E-state index contributed by atoms with van der Waals surface area (Å²) in [4.78, 5) is 22.9. The third-order valence-corrected chi connectivity index (χ3v) is 4.00. The number of carbonyl (C=O) groups excluding carboxylic acids is 1. The van der Waals surface area contributed by atoms with E-state index in [1.54, 1.807) is 18.2 Å². The van der Waals surface area contributed by atoms with E-state index in [9.17, 15) is 14.7 Å². The number of aliphatic carboxylic acids is 1. The first-order valence-corrected chi connectivity index (χ1v) is 6.79. The molecule has 1 aromatic carbocycles. The van der Waals surface area contributed by atoms with Crippen LogP contribution in [0, 0.1) is 0 Å². The molecular formula is C14H16ClNO4. The molecule has 0 aliphatic heterocycles. The summed E-state index contributed by atoms with van der Waals surface area (Å²) in [5.41, 5.74) is 0.182. The van der Waals surface area contributed by atoms with Crippen LogP contribution in [0.15, 0.2) is 24.3 Å². The van der Waals surface area contributed by atoms with Gasteiger partial charge < -0.3 is 15.5 Å². The van der Waals surface area contributed by atoms with Gasteiger partial charge in [-0.25, -0.2) is 4.79 Å². The molecule has 1 aliphatic carbocycles. The zero-order valence-corrected chi connectivity index (χ0v) is 11.6. The van der Waals surface area contributed by atoms with Crippen molar-refractivity contribution in [3.8, 4) is 0 Å². The molecule has 5 nitrogen and oxygen atoms in total. The van der Waals surface area contributed by atoms with E-state index in [-0.39, 0.29) is 12.5 Å². The Bertz CT molecular complexity index is 528. The number of carbonyl (C=O) groups is 2. The number of hydrogen-bond acceptors (Lipinski definition) is 3. The standard InChI is InChI=1S/C14H16ClNO4/c15-10-4-1-3-9(7-10)14(5-2-6-14)13(20)16-8-11(17)12(18)19/h1,3-4,7,11,17H,2,5-6,8H2,(H,16,20)(H,18,19). The van der Waals surface area contributed by atoms with Gasteiger partial charge in [0.15, 0.2) is 6.10 Å². The Kier molecular flexibility index (Phi) is 4.30. The van der Waals surface area contributed by atoms with E-state index >= 15 is 0 Å². The predicted octanol–water partition coefficient (Wildman–Crippen LogP) is 1.32. The number of hydrogen-bond donors (Lipinski definition) is 3. The van der Waals surface area contributed by atoms with Gasteiger partial charge in [-0.3, -0.25) is 4.79 Å². The molecule has 0 radical (unpaired) electrons. The molecule has 108 valence electrons. The zero-order chi connectivity index (χ0) is 14.8. The fourth-order valence-electron chi connectivity index (χ4n) is 2.41. The second kappa shape index (κ2) is 5.81. The van der Waals surface area contributed by atoms with Crippen LogP contribution in [0.4, 0.5) is 0 Å². The summed E-state index contributed by atoms with van der Waals surface area (Å²) in [5, 5.41) is 20.9. The number of carboxylic acid groups (broad SMARTS) is 1. The van der Waals surface area contributed by atoms with Gasteiger partial charge in [0.25, 0.3) is 0 Å². The van der Waals surface area contributed by atoms with Crippen LogP contribution in [0.5, 0.6) is 0 Å². The van der Waals surface area contributed by atoms with E-state index in [0.717, 1.165) is 12.0 Å². The van der Waals surface area contributed by atoms with Crippen LogP contribution >= 0.6 is 11.6 Å². The first kappa shape index (κ1) is 14.8. The highest BCUT2D eigenvalue weighted by molar-refractivity contribution is 6.30. The number of amides is 1. The molecule has 1 aliphatic rings. The molecular weight excluding hydrogens is 282 g/mol. The minimum Gasteiger partial charge on any atom is -0.479 e. The van der Waals surface area contributed by atoms with Gasteiger partial charge in [-0.2, -0.15) is 0 Å². The maximum absolute atomic E-state index is 12.3. The molecule has 0 bridgehead atoms. The molecule has 0 heterocycles. The second-order valence-corrected chi connectivity index (χ2v) is 5.45. The third kappa shape index (κ3) is 2.78. The lowest BCUT2D eigenvalue weighted by Crippen LogP contribution is -2.51. The smallest absolute Gasteiger partial charge is 0.334 e. The molecule has 1 amide bonds. The number of aliphatic hydroxyl groups is 1. The Morgan fingerprint density at radius 2 is 2.10 bits per heavy atom. The van der Waals surface area contributed by atoms with E-state index in [0.29, 0.717) is 17.9 Å². The van der Waals surface area contributed by atoms with E-state index in [2.05, 4.69) is 5.32 Å². The first-order valence-electron chi connectivity index (χ1n) is 6.41. The summed E-state index contributed by atoms with van der Waals surface area (Å²) in [5.74, 6) is -1.61. The zero-order valence-electron chi connectivity index (χ0n) is 10.8. The number of halogens is 1. The molecule has 6 heteroatoms. The molecule has 3 N–H and O–H groups in total. The van der Waals surface area contributed by atoms with Gasteiger partial charge in [-0.15, -0.1) is 0 Å². The lowest BCUT2D eigenvalue weighted by molar-refractivity contribution is -0.146. The summed E-state index contributed by atoms with van der Waals surface area (Å²) in [6.07, 6.45) is 0.738. The van der Waals surface area contributed by atoms with Crippen molar-refractivity contribution in [1.82, 2.24) is 5.32 Å². The van der Waals surface area contributed by atoms with Crippen LogP contribution in [0.3, 0.4) is 0 Å². The molecule has 1 saturated carbocycles. The summed E-state index contributed by atoms with van der Waals surface area (Å²) < 4.78 is 0. The molecule has 1 atom stereocenters. The highest BCUT2D eigenvalue weighted by Crippen LogP contribution is 2.44. The summed E-state index contributed by atoms with van der Waals surface area (Å²) >= 11 is 5.96. The molecule has 1 fully saturated rings. The third-order valence-electron chi connectivity index (χ3n) is 3.76. The van der Waals surface area contributed by atoms with E-state index in [1.165, 1.54) is 0 Å². The van der Waals surface area contributed by atoms with Crippen molar-refractivity contribution >= 4 is 23.5 Å². The summed E-state index contributed by atoms with van der Waals surface area (Å²) in [6, 6.07) is 7.13. The Morgan fingerprint density at radius 1 is 1.40 bits per heavy atom. The van der Waals surface area contributed by atoms with Crippen LogP contribution in [0.25, 0.3) is 0 Å². The highest BCUT2D eigenvalue weighted by Gasteiger charge is 2.45. The lowest BCUT2D eigenvalue weighted by atomic mass is 9.64. The van der Waals surface area contributed by atoms with Crippen molar-refractivity contribution in [2.45, 2.75) is 30.8 Å². The van der Waals surface area contributed by atoms with Gasteiger partial charge >= 0.3 is 5.97 Å². The summed E-state index contributed by atoms with van der Waals surface area (Å²) in [7, 11) is 0. The Labute approximate surface area is 121 Å². The number of aliphatic hydroxyl groups excluding tert-OH is 1. The van der Waals surface area contributed by atoms with Crippen molar-refractivity contribution in [2.24, 2.45) is 0 Å². The van der Waals surface area contributed by atoms with Crippen LogP contribution < -0.4 is 5.32 Å². The van der Waals surface area contributed by atoms with Crippen LogP contribution in [0.2, 0.25) is 5.02 Å². The minimum absolute atomic E-state index is 0.258. The van der Waals surface area contributed by atoms with Gasteiger partial charge in [-0.1, -0.05) is 30.2 Å². The minimum atomic E-state index is -1.59. The van der Waals surface area contributed by atoms with Crippen molar-refractivity contribution in [1.29, 1.82) is 0 Å². The second-order valence-electron chi connectivity index (χ2n) is 5.01. The average Bonchev–Trinajstić information content (AvgIpc) is 2.34. The monoisotopic (exact) mass is 297 g/mol. The maximum Gasteiger partial charge on any atom is 0.334 e. The van der Waals surface area contributed by atoms with E-state index < -0.39 is 17.5 Å². The molecule has 20 heavy (non-hydrogen) atoms. The maximum atomic E-state index is 12.3. The normalized spacial score (nSPS) is 17.9. The number of carboxylic acids is 1.